The molecule has 0 bridgehead atoms. The monoisotopic (exact) mass is 676 g/mol. The van der Waals surface area contributed by atoms with E-state index in [0.29, 0.717) is 35.2 Å². The van der Waals surface area contributed by atoms with Gasteiger partial charge in [-0.3, -0.25) is 14.2 Å². The Balaban J connectivity index is 1.45. The Labute approximate surface area is 280 Å². The summed E-state index contributed by atoms with van der Waals surface area (Å²) in [5.41, 5.74) is 5.36. The fraction of sp³-hybridized carbons (Fsp3) is 0.765. The Bertz CT molecular complexity index is 1420. The summed E-state index contributed by atoms with van der Waals surface area (Å²) >= 11 is 0. The maximum absolute atomic E-state index is 14.7. The van der Waals surface area contributed by atoms with Gasteiger partial charge in [0, 0.05) is 6.20 Å². The number of imidazole rings is 1. The molecule has 13 heteroatoms. The number of esters is 2. The van der Waals surface area contributed by atoms with Crippen LogP contribution in [0.15, 0.2) is 18.6 Å². The maximum atomic E-state index is 14.7. The number of fused-ring (bicyclic) bond motifs is 1. The molecule has 4 N–H and O–H groups in total. The van der Waals surface area contributed by atoms with Gasteiger partial charge in [0.05, 0.1) is 24.7 Å². The molecular weight excluding hydrogens is 619 g/mol. The maximum Gasteiger partial charge on any atom is 0.326 e. The first-order valence-electron chi connectivity index (χ1n) is 16.8. The van der Waals surface area contributed by atoms with Crippen molar-refractivity contribution < 1.29 is 28.4 Å². The van der Waals surface area contributed by atoms with Crippen molar-refractivity contribution in [2.24, 2.45) is 22.7 Å². The average Bonchev–Trinajstić information content (AvgIpc) is 3.28. The number of carbonyl (C=O) groups is 2. The second kappa shape index (κ2) is 13.4. The van der Waals surface area contributed by atoms with E-state index in [0.717, 1.165) is 25.7 Å². The highest BCUT2D eigenvalue weighted by atomic mass is 31.2. The number of anilines is 1. The van der Waals surface area contributed by atoms with Crippen molar-refractivity contribution in [2.45, 2.75) is 138 Å². The van der Waals surface area contributed by atoms with E-state index in [1.54, 1.807) is 46.3 Å². The van der Waals surface area contributed by atoms with Gasteiger partial charge in [-0.05, 0) is 89.0 Å². The highest BCUT2D eigenvalue weighted by molar-refractivity contribution is 7.59. The summed E-state index contributed by atoms with van der Waals surface area (Å²) in [5, 5.41) is 6.05. The highest BCUT2D eigenvalue weighted by Gasteiger charge is 2.47. The number of nitrogens with zero attached hydrogens (tertiary/aromatic N) is 3. The van der Waals surface area contributed by atoms with Crippen molar-refractivity contribution in [3.05, 3.63) is 18.6 Å². The minimum Gasteiger partial charge on any atom is -0.461 e. The molecule has 2 fully saturated rings. The summed E-state index contributed by atoms with van der Waals surface area (Å²) in [6, 6.07) is 1.69. The van der Waals surface area contributed by atoms with Crippen LogP contribution in [-0.2, 0) is 34.9 Å². The number of pyridine rings is 1. The molecule has 0 aromatic carbocycles. The van der Waals surface area contributed by atoms with Crippen molar-refractivity contribution in [1.29, 1.82) is 0 Å². The van der Waals surface area contributed by atoms with Gasteiger partial charge in [-0.1, -0.05) is 41.5 Å². The largest absolute Gasteiger partial charge is 0.461 e. The van der Waals surface area contributed by atoms with Crippen LogP contribution >= 0.6 is 7.44 Å². The highest BCUT2D eigenvalue weighted by Crippen LogP contribution is 2.46. The molecule has 2 aromatic rings. The minimum absolute atomic E-state index is 0.142. The van der Waals surface area contributed by atoms with Gasteiger partial charge in [-0.15, -0.1) is 0 Å². The number of hydrogen-bond acceptors (Lipinski definition) is 9. The molecule has 0 spiro atoms. The van der Waals surface area contributed by atoms with E-state index in [-0.39, 0.29) is 29.4 Å². The van der Waals surface area contributed by atoms with E-state index in [2.05, 4.69) is 61.7 Å². The van der Waals surface area contributed by atoms with Gasteiger partial charge in [-0.2, -0.15) is 0 Å². The lowest BCUT2D eigenvalue weighted by molar-refractivity contribution is -0.164. The van der Waals surface area contributed by atoms with Crippen molar-refractivity contribution >= 4 is 36.2 Å². The number of nitrogens with one attached hydrogen (secondary N) is 2. The van der Waals surface area contributed by atoms with Crippen LogP contribution in [0.4, 0.5) is 5.69 Å². The van der Waals surface area contributed by atoms with Crippen LogP contribution in [0.1, 0.15) is 102 Å². The third-order valence-electron chi connectivity index (χ3n) is 9.66. The van der Waals surface area contributed by atoms with Crippen LogP contribution in [0, 0.1) is 22.7 Å². The lowest BCUT2D eigenvalue weighted by atomic mass is 9.67. The van der Waals surface area contributed by atoms with Crippen LogP contribution in [0.3, 0.4) is 0 Å². The summed E-state index contributed by atoms with van der Waals surface area (Å²) in [4.78, 5) is 35.6. The van der Waals surface area contributed by atoms with Gasteiger partial charge in [0.15, 0.2) is 5.65 Å². The van der Waals surface area contributed by atoms with E-state index < -0.39 is 36.6 Å². The van der Waals surface area contributed by atoms with Gasteiger partial charge in [0.2, 0.25) is 7.44 Å². The molecule has 47 heavy (non-hydrogen) atoms. The Morgan fingerprint density at radius 2 is 1.36 bits per heavy atom. The molecule has 2 aliphatic carbocycles. The summed E-state index contributed by atoms with van der Waals surface area (Å²) in [5.74, 6) is -0.0815. The Kier molecular flexibility index (Phi) is 10.6. The predicted molar refractivity (Wildman–Crippen MR) is 184 cm³/mol. The quantitative estimate of drug-likeness (QED) is 0.168. The first kappa shape index (κ1) is 37.3. The molecule has 2 aromatic heterocycles. The number of aromatic nitrogens is 3. The predicted octanol–water partition coefficient (Wildman–Crippen LogP) is 6.04. The topological polar surface area (TPSA) is 160 Å². The van der Waals surface area contributed by atoms with Gasteiger partial charge in [-0.25, -0.2) is 20.1 Å². The molecule has 0 amide bonds. The number of nitrogen functional groups attached to an aromatic ring is 1. The molecule has 0 saturated heterocycles. The molecule has 12 nitrogen and oxygen atoms in total. The van der Waals surface area contributed by atoms with Crippen molar-refractivity contribution in [1.82, 2.24) is 24.7 Å². The van der Waals surface area contributed by atoms with Crippen LogP contribution < -0.4 is 15.9 Å². The molecule has 264 valence electrons. The molecule has 4 rings (SSSR count). The van der Waals surface area contributed by atoms with E-state index in [4.69, 9.17) is 19.9 Å². The normalized spacial score (nSPS) is 23.1. The van der Waals surface area contributed by atoms with Crippen molar-refractivity contribution in [3.8, 4) is 0 Å². The van der Waals surface area contributed by atoms with Crippen LogP contribution in [-0.4, -0.2) is 62.2 Å². The van der Waals surface area contributed by atoms with Crippen LogP contribution in [0.2, 0.25) is 0 Å². The lowest BCUT2D eigenvalue weighted by Gasteiger charge is -2.44. The number of rotatable bonds is 13. The lowest BCUT2D eigenvalue weighted by Crippen LogP contribution is -2.55. The van der Waals surface area contributed by atoms with Crippen molar-refractivity contribution in [2.75, 3.05) is 12.1 Å². The Morgan fingerprint density at radius 3 is 1.81 bits per heavy atom. The molecular formula is C34H57N6O6P. The zero-order valence-electron chi connectivity index (χ0n) is 30.2. The molecule has 2 heterocycles. The van der Waals surface area contributed by atoms with Crippen molar-refractivity contribution in [3.63, 3.8) is 0 Å². The number of ether oxygens (including phenoxy) is 3. The zero-order chi connectivity index (χ0) is 35.2. The third-order valence-corrected chi connectivity index (χ3v) is 12.0. The van der Waals surface area contributed by atoms with E-state index in [1.807, 2.05) is 11.5 Å². The fourth-order valence-corrected chi connectivity index (χ4v) is 8.74. The van der Waals surface area contributed by atoms with E-state index in [9.17, 15) is 14.2 Å². The van der Waals surface area contributed by atoms with Gasteiger partial charge >= 0.3 is 11.9 Å². The minimum atomic E-state index is -3.80. The second-order valence-electron chi connectivity index (χ2n) is 16.9. The molecule has 1 atom stereocenters. The first-order chi connectivity index (χ1) is 21.5. The van der Waals surface area contributed by atoms with Gasteiger partial charge < -0.3 is 24.5 Å². The Morgan fingerprint density at radius 1 is 0.894 bits per heavy atom. The molecule has 0 radical (unpaired) electrons. The zero-order valence-corrected chi connectivity index (χ0v) is 31.1. The summed E-state index contributed by atoms with van der Waals surface area (Å²) in [6.45, 7) is 21.8. The van der Waals surface area contributed by atoms with Gasteiger partial charge in [0.25, 0.3) is 0 Å². The molecule has 0 aliphatic heterocycles. The van der Waals surface area contributed by atoms with E-state index >= 15 is 0 Å². The van der Waals surface area contributed by atoms with E-state index in [1.165, 1.54) is 0 Å². The summed E-state index contributed by atoms with van der Waals surface area (Å²) in [7, 11) is -3.80. The number of carbonyl (C=O) groups excluding carboxylic acids is 2. The average molecular weight is 677 g/mol. The Hall–Kier alpha value is -2.53. The molecule has 0 unspecified atom stereocenters. The number of hydrogen-bond donors (Lipinski definition) is 3. The van der Waals surface area contributed by atoms with Crippen LogP contribution in [0.25, 0.3) is 11.2 Å². The van der Waals surface area contributed by atoms with Gasteiger partial charge in [0.1, 0.15) is 35.2 Å². The molecule has 2 saturated carbocycles. The summed E-state index contributed by atoms with van der Waals surface area (Å²) < 4.78 is 34.4. The van der Waals surface area contributed by atoms with Crippen LogP contribution in [0.5, 0.6) is 0 Å². The summed E-state index contributed by atoms with van der Waals surface area (Å²) in [6.07, 6.45) is 5.31. The molecule has 2 aliphatic rings. The second-order valence-corrected chi connectivity index (χ2v) is 19.1. The fourth-order valence-electron chi connectivity index (χ4n) is 6.10. The SMILES string of the molecule is C[C@H](Cn1cnc2c(N)ccnc21)OCP(=O)(NC(C)(C)C(=O)O[C@H]1C[C@H](C(C)(C)C)C1)NC(C)(C)C(=O)O[C@H]1C[C@H](C(C)(C)C)C1. The third kappa shape index (κ3) is 9.13. The smallest absolute Gasteiger partial charge is 0.326 e. The standard InChI is InChI=1S/C34H57N6O6P/c1-21(18-40-19-37-27-26(35)12-13-36-28(27)40)44-20-47(43,38-33(8,9)29(41)45-24-14-22(15-24)31(2,3)4)39-34(10,11)30(42)46-25-16-23(17-25)32(5,6)7/h12-13,19,21-25H,14-18,20H2,1-11H3,(H2,35,36)(H2,38,39,43)/t21-,22-,23-,24-,25-/m1/s1. The first-order valence-corrected chi connectivity index (χ1v) is 18.7. The number of nitrogens with two attached hydrogens (primary N) is 1.